The fourth-order valence-corrected chi connectivity index (χ4v) is 2.05. The molecule has 13 heavy (non-hydrogen) atoms. The van der Waals surface area contributed by atoms with E-state index < -0.39 is 0 Å². The molecule has 2 heterocycles. The van der Waals surface area contributed by atoms with Crippen molar-refractivity contribution in [3.8, 4) is 0 Å². The molecule has 2 nitrogen and oxygen atoms in total. The van der Waals surface area contributed by atoms with Crippen molar-refractivity contribution in [1.82, 2.24) is 0 Å². The van der Waals surface area contributed by atoms with E-state index >= 15 is 0 Å². The van der Waals surface area contributed by atoms with Gasteiger partial charge in [-0.15, -0.1) is 0 Å². The van der Waals surface area contributed by atoms with E-state index in [1.807, 2.05) is 19.1 Å². The highest BCUT2D eigenvalue weighted by molar-refractivity contribution is 5.85. The topological polar surface area (TPSA) is 26.3 Å². The summed E-state index contributed by atoms with van der Waals surface area (Å²) in [6, 6.07) is 0. The van der Waals surface area contributed by atoms with Crippen molar-refractivity contribution < 1.29 is 9.53 Å². The van der Waals surface area contributed by atoms with E-state index in [9.17, 15) is 4.79 Å². The Morgan fingerprint density at radius 3 is 2.92 bits per heavy atom. The van der Waals surface area contributed by atoms with Crippen molar-refractivity contribution in [2.45, 2.75) is 32.0 Å². The van der Waals surface area contributed by atoms with Gasteiger partial charge in [0.05, 0.1) is 18.1 Å². The molecule has 3 unspecified atom stereocenters. The van der Waals surface area contributed by atoms with Gasteiger partial charge in [0.1, 0.15) is 5.78 Å². The maximum absolute atomic E-state index is 11.7. The van der Waals surface area contributed by atoms with E-state index in [0.717, 1.165) is 12.0 Å². The zero-order chi connectivity index (χ0) is 9.42. The van der Waals surface area contributed by atoms with E-state index in [1.165, 1.54) is 0 Å². The van der Waals surface area contributed by atoms with Gasteiger partial charge in [0.25, 0.3) is 0 Å². The number of ether oxygens (including phenoxy) is 1. The second-order valence-corrected chi connectivity index (χ2v) is 3.68. The molecular weight excluding hydrogens is 164 g/mol. The van der Waals surface area contributed by atoms with Crippen LogP contribution in [0, 0.1) is 5.92 Å². The van der Waals surface area contributed by atoms with Crippen LogP contribution in [0.3, 0.4) is 0 Å². The molecule has 0 radical (unpaired) electrons. The molecule has 2 aliphatic rings. The summed E-state index contributed by atoms with van der Waals surface area (Å²) in [6.45, 7) is 5.94. The van der Waals surface area contributed by atoms with Crippen LogP contribution in [0.1, 0.15) is 19.8 Å². The summed E-state index contributed by atoms with van der Waals surface area (Å²) >= 11 is 0. The number of Topliss-reactive ketones (excluding diaryl/α,β-unsaturated/α-hetero) is 1. The highest BCUT2D eigenvalue weighted by atomic mass is 16.5. The van der Waals surface area contributed by atoms with Crippen molar-refractivity contribution >= 4 is 5.78 Å². The Labute approximate surface area is 78.3 Å². The van der Waals surface area contributed by atoms with Gasteiger partial charge >= 0.3 is 0 Å². The largest absolute Gasteiger partial charge is 0.361 e. The first kappa shape index (κ1) is 8.70. The number of ketones is 1. The molecule has 0 N–H and O–H groups in total. The molecule has 2 aliphatic heterocycles. The number of carbonyl (C=O) groups is 1. The second-order valence-electron chi connectivity index (χ2n) is 3.68. The predicted molar refractivity (Wildman–Crippen MR) is 50.3 cm³/mol. The molecule has 2 rings (SSSR count). The van der Waals surface area contributed by atoms with Crippen LogP contribution in [0.5, 0.6) is 0 Å². The molecule has 0 spiro atoms. The van der Waals surface area contributed by atoms with Crippen LogP contribution in [0.25, 0.3) is 0 Å². The predicted octanol–water partition coefficient (Wildman–Crippen LogP) is 1.87. The van der Waals surface area contributed by atoms with E-state index in [0.29, 0.717) is 6.42 Å². The molecule has 1 fully saturated rings. The number of hydrogen-bond acceptors (Lipinski definition) is 2. The van der Waals surface area contributed by atoms with Crippen LogP contribution in [0.2, 0.25) is 0 Å². The first-order valence-electron chi connectivity index (χ1n) is 4.79. The summed E-state index contributed by atoms with van der Waals surface area (Å²) in [5.74, 6) is 0.222. The van der Waals surface area contributed by atoms with Crippen LogP contribution in [0.4, 0.5) is 0 Å². The minimum absolute atomic E-state index is 0.0100. The Balaban J connectivity index is 2.13. The van der Waals surface area contributed by atoms with Crippen molar-refractivity contribution in [2.75, 3.05) is 0 Å². The fraction of sp³-hybridized carbons (Fsp3) is 0.545. The molecule has 0 amide bonds. The first-order chi connectivity index (χ1) is 6.24. The van der Waals surface area contributed by atoms with Gasteiger partial charge in [-0.2, -0.15) is 0 Å². The molecule has 0 saturated carbocycles. The molecule has 0 aromatic heterocycles. The van der Waals surface area contributed by atoms with Crippen molar-refractivity contribution in [2.24, 2.45) is 5.92 Å². The first-order valence-corrected chi connectivity index (χ1v) is 4.79. The number of carbonyl (C=O) groups excluding carboxylic acids is 1. The van der Waals surface area contributed by atoms with Crippen LogP contribution < -0.4 is 0 Å². The van der Waals surface area contributed by atoms with Gasteiger partial charge in [-0.05, 0) is 12.0 Å². The monoisotopic (exact) mass is 178 g/mol. The van der Waals surface area contributed by atoms with Gasteiger partial charge in [-0.3, -0.25) is 4.79 Å². The lowest BCUT2D eigenvalue weighted by Gasteiger charge is -2.15. The Bertz CT molecular complexity index is 278. The SMILES string of the molecule is C=C1C2C=CC(O2)C1C(=O)CCC. The summed E-state index contributed by atoms with van der Waals surface area (Å²) in [5.41, 5.74) is 0.950. The van der Waals surface area contributed by atoms with Gasteiger partial charge < -0.3 is 4.74 Å². The molecule has 0 aromatic rings. The minimum atomic E-state index is -0.0602. The van der Waals surface area contributed by atoms with Crippen molar-refractivity contribution in [3.63, 3.8) is 0 Å². The average Bonchev–Trinajstić information content (AvgIpc) is 2.63. The zero-order valence-corrected chi connectivity index (χ0v) is 7.82. The Morgan fingerprint density at radius 1 is 1.62 bits per heavy atom. The Morgan fingerprint density at radius 2 is 2.38 bits per heavy atom. The van der Waals surface area contributed by atoms with Gasteiger partial charge in [-0.25, -0.2) is 0 Å². The van der Waals surface area contributed by atoms with Gasteiger partial charge in [-0.1, -0.05) is 25.7 Å². The summed E-state index contributed by atoms with van der Waals surface area (Å²) in [4.78, 5) is 11.7. The average molecular weight is 178 g/mol. The molecule has 0 aromatic carbocycles. The number of fused-ring (bicyclic) bond motifs is 2. The molecular formula is C11H14O2. The summed E-state index contributed by atoms with van der Waals surface area (Å²) in [5, 5.41) is 0. The molecule has 2 bridgehead atoms. The third kappa shape index (κ3) is 1.25. The highest BCUT2D eigenvalue weighted by Gasteiger charge is 2.43. The normalized spacial score (nSPS) is 35.8. The summed E-state index contributed by atoms with van der Waals surface area (Å²) in [6.07, 6.45) is 5.51. The Kier molecular flexibility index (Phi) is 2.08. The fourth-order valence-electron chi connectivity index (χ4n) is 2.05. The maximum atomic E-state index is 11.7. The highest BCUT2D eigenvalue weighted by Crippen LogP contribution is 2.38. The smallest absolute Gasteiger partial charge is 0.143 e. The van der Waals surface area contributed by atoms with Crippen molar-refractivity contribution in [3.05, 3.63) is 24.3 Å². The summed E-state index contributed by atoms with van der Waals surface area (Å²) in [7, 11) is 0. The lowest BCUT2D eigenvalue weighted by Crippen LogP contribution is -2.24. The second kappa shape index (κ2) is 3.11. The van der Waals surface area contributed by atoms with Crippen LogP contribution in [0.15, 0.2) is 24.3 Å². The summed E-state index contributed by atoms with van der Waals surface area (Å²) < 4.78 is 5.53. The third-order valence-electron chi connectivity index (χ3n) is 2.72. The van der Waals surface area contributed by atoms with Gasteiger partial charge in [0.15, 0.2) is 0 Å². The van der Waals surface area contributed by atoms with E-state index in [2.05, 4.69) is 6.58 Å². The standard InChI is InChI=1S/C11H14O2/c1-3-4-8(12)11-7(2)9-5-6-10(11)13-9/h5-6,9-11H,2-4H2,1H3. The number of hydrogen-bond donors (Lipinski definition) is 0. The van der Waals surface area contributed by atoms with Crippen LogP contribution in [-0.4, -0.2) is 18.0 Å². The van der Waals surface area contributed by atoms with E-state index in [-0.39, 0.29) is 23.9 Å². The molecule has 1 saturated heterocycles. The molecule has 2 heteroatoms. The van der Waals surface area contributed by atoms with Gasteiger partial charge in [0, 0.05) is 6.42 Å². The molecule has 70 valence electrons. The van der Waals surface area contributed by atoms with Crippen molar-refractivity contribution in [1.29, 1.82) is 0 Å². The number of rotatable bonds is 3. The quantitative estimate of drug-likeness (QED) is 0.617. The van der Waals surface area contributed by atoms with Crippen LogP contribution >= 0.6 is 0 Å². The lowest BCUT2D eigenvalue weighted by atomic mass is 9.85. The molecule has 0 aliphatic carbocycles. The van der Waals surface area contributed by atoms with Crippen LogP contribution in [-0.2, 0) is 9.53 Å². The van der Waals surface area contributed by atoms with Gasteiger partial charge in [0.2, 0.25) is 0 Å². The van der Waals surface area contributed by atoms with E-state index in [1.54, 1.807) is 0 Å². The zero-order valence-electron chi connectivity index (χ0n) is 7.82. The van der Waals surface area contributed by atoms with E-state index in [4.69, 9.17) is 4.74 Å². The maximum Gasteiger partial charge on any atom is 0.143 e. The molecule has 3 atom stereocenters. The lowest BCUT2D eigenvalue weighted by molar-refractivity contribution is -0.122. The third-order valence-corrected chi connectivity index (χ3v) is 2.72. The Hall–Kier alpha value is -0.890. The minimum Gasteiger partial charge on any atom is -0.361 e.